The first-order chi connectivity index (χ1) is 15.7. The Labute approximate surface area is 197 Å². The van der Waals surface area contributed by atoms with Gasteiger partial charge in [-0.05, 0) is 51.2 Å². The Kier molecular flexibility index (Phi) is 6.36. The van der Waals surface area contributed by atoms with Crippen molar-refractivity contribution in [2.45, 2.75) is 45.7 Å². The number of fused-ring (bicyclic) bond motifs is 1. The van der Waals surface area contributed by atoms with Crippen molar-refractivity contribution in [1.29, 1.82) is 0 Å². The maximum absolute atomic E-state index is 13.2. The minimum absolute atomic E-state index is 0.0614. The molecule has 0 spiro atoms. The molecule has 5 rings (SSSR count). The monoisotopic (exact) mass is 467 g/mol. The maximum atomic E-state index is 13.2. The summed E-state index contributed by atoms with van der Waals surface area (Å²) >= 11 is 1.60. The first-order valence-corrected chi connectivity index (χ1v) is 11.8. The van der Waals surface area contributed by atoms with Crippen molar-refractivity contribution < 1.29 is 14.7 Å². The van der Waals surface area contributed by atoms with Gasteiger partial charge in [0.1, 0.15) is 11.4 Å². The number of aromatic carboxylic acids is 1. The van der Waals surface area contributed by atoms with Crippen LogP contribution in [0.1, 0.15) is 50.1 Å². The fourth-order valence-electron chi connectivity index (χ4n) is 4.57. The molecule has 0 radical (unpaired) electrons. The number of carbonyl (C=O) groups is 2. The number of benzene rings is 1. The van der Waals surface area contributed by atoms with Crippen molar-refractivity contribution in [2.75, 3.05) is 6.54 Å². The van der Waals surface area contributed by atoms with Gasteiger partial charge in [0.15, 0.2) is 0 Å². The Morgan fingerprint density at radius 3 is 2.55 bits per heavy atom. The first kappa shape index (κ1) is 23.1. The maximum Gasteiger partial charge on any atom is 0.354 e. The Hall–Kier alpha value is -3.04. The average molecular weight is 468 g/mol. The summed E-state index contributed by atoms with van der Waals surface area (Å²) in [6, 6.07) is 10.4. The van der Waals surface area contributed by atoms with Crippen molar-refractivity contribution >= 4 is 23.2 Å². The number of aryl methyl sites for hydroxylation is 4. The SMILES string of the molecule is Cc1cc(C(=O)O)n(C)n1.Cc1cccc(-c2sc(C)nc2C(=O)N2[C@H](CN)C[C@@H]3C[C@@H]32)c1. The number of hydrogen-bond acceptors (Lipinski definition) is 6. The molecule has 1 amide bonds. The van der Waals surface area contributed by atoms with E-state index in [0.717, 1.165) is 34.0 Å². The number of rotatable bonds is 4. The fourth-order valence-corrected chi connectivity index (χ4v) is 5.48. The number of carboxylic acids is 1. The van der Waals surface area contributed by atoms with E-state index >= 15 is 0 Å². The second kappa shape index (κ2) is 9.07. The molecule has 1 aliphatic carbocycles. The molecule has 2 fully saturated rings. The van der Waals surface area contributed by atoms with Crippen LogP contribution in [0.5, 0.6) is 0 Å². The molecule has 3 atom stereocenters. The minimum Gasteiger partial charge on any atom is -0.477 e. The van der Waals surface area contributed by atoms with Crippen molar-refractivity contribution in [3.05, 3.63) is 58.0 Å². The highest BCUT2D eigenvalue weighted by Crippen LogP contribution is 2.48. The summed E-state index contributed by atoms with van der Waals surface area (Å²) in [5.41, 5.74) is 9.70. The second-order valence-electron chi connectivity index (χ2n) is 8.78. The summed E-state index contributed by atoms with van der Waals surface area (Å²) in [5.74, 6) is -0.218. The van der Waals surface area contributed by atoms with Gasteiger partial charge in [0, 0.05) is 25.7 Å². The molecule has 3 N–H and O–H groups in total. The third-order valence-corrected chi connectivity index (χ3v) is 7.18. The minimum atomic E-state index is -0.942. The summed E-state index contributed by atoms with van der Waals surface area (Å²) in [6.07, 6.45) is 2.18. The lowest BCUT2D eigenvalue weighted by atomic mass is 10.1. The number of nitrogens with two attached hydrogens (primary N) is 1. The Balaban J connectivity index is 0.000000219. The van der Waals surface area contributed by atoms with Crippen LogP contribution in [-0.2, 0) is 7.05 Å². The van der Waals surface area contributed by atoms with Gasteiger partial charge in [-0.3, -0.25) is 9.48 Å². The van der Waals surface area contributed by atoms with E-state index in [1.807, 2.05) is 17.9 Å². The summed E-state index contributed by atoms with van der Waals surface area (Å²) in [5, 5.41) is 13.3. The predicted molar refractivity (Wildman–Crippen MR) is 127 cm³/mol. The number of nitrogens with zero attached hydrogens (tertiary/aromatic N) is 4. The highest BCUT2D eigenvalue weighted by molar-refractivity contribution is 7.15. The second-order valence-corrected chi connectivity index (χ2v) is 9.98. The van der Waals surface area contributed by atoms with Crippen molar-refractivity contribution in [3.8, 4) is 10.4 Å². The standard InChI is InChI=1S/C18H21N3OS.C6H8N2O2/c1-10-4-3-5-12(6-10)17-16(20-11(2)23-17)18(22)21-14(9-19)7-13-8-15(13)21;1-4-3-5(6(9)10)8(2)7-4/h3-6,13-15H,7-9,19H2,1-2H3;3H,1-2H3,(H,9,10)/t13-,14+,15+;/m1./s1. The topological polar surface area (TPSA) is 114 Å². The number of hydrogen-bond donors (Lipinski definition) is 2. The normalized spacial score (nSPS) is 20.8. The number of amides is 1. The van der Waals surface area contributed by atoms with Crippen LogP contribution in [-0.4, -0.2) is 55.3 Å². The third kappa shape index (κ3) is 4.69. The molecule has 0 unspecified atom stereocenters. The lowest BCUT2D eigenvalue weighted by Crippen LogP contribution is -2.42. The van der Waals surface area contributed by atoms with E-state index in [9.17, 15) is 9.59 Å². The molecule has 0 bridgehead atoms. The third-order valence-electron chi connectivity index (χ3n) is 6.16. The number of carboxylic acid groups (broad SMARTS) is 1. The lowest BCUT2D eigenvalue weighted by Gasteiger charge is -2.26. The van der Waals surface area contributed by atoms with Crippen LogP contribution in [0, 0.1) is 26.7 Å². The van der Waals surface area contributed by atoms with Crippen LogP contribution in [0.15, 0.2) is 30.3 Å². The summed E-state index contributed by atoms with van der Waals surface area (Å²) in [7, 11) is 1.61. The highest BCUT2D eigenvalue weighted by Gasteiger charge is 2.54. The van der Waals surface area contributed by atoms with Gasteiger partial charge >= 0.3 is 5.97 Å². The molecule has 1 saturated heterocycles. The first-order valence-electron chi connectivity index (χ1n) is 11.0. The van der Waals surface area contributed by atoms with Gasteiger partial charge in [0.05, 0.1) is 15.6 Å². The van der Waals surface area contributed by atoms with Crippen molar-refractivity contribution in [3.63, 3.8) is 0 Å². The lowest BCUT2D eigenvalue weighted by molar-refractivity contribution is 0.0680. The van der Waals surface area contributed by atoms with Gasteiger partial charge in [-0.1, -0.05) is 29.8 Å². The van der Waals surface area contributed by atoms with E-state index in [2.05, 4.69) is 35.2 Å². The van der Waals surface area contributed by atoms with Crippen molar-refractivity contribution in [2.24, 2.45) is 18.7 Å². The smallest absolute Gasteiger partial charge is 0.354 e. The van der Waals surface area contributed by atoms with Crippen LogP contribution >= 0.6 is 11.3 Å². The molecule has 1 aromatic carbocycles. The van der Waals surface area contributed by atoms with E-state index in [0.29, 0.717) is 24.2 Å². The molecule has 9 heteroatoms. The van der Waals surface area contributed by atoms with Gasteiger partial charge in [-0.25, -0.2) is 9.78 Å². The van der Waals surface area contributed by atoms with Crippen molar-refractivity contribution in [1.82, 2.24) is 19.7 Å². The van der Waals surface area contributed by atoms with Gasteiger partial charge in [-0.15, -0.1) is 11.3 Å². The molecule has 1 aliphatic heterocycles. The van der Waals surface area contributed by atoms with Crippen LogP contribution in [0.4, 0.5) is 0 Å². The molecule has 33 heavy (non-hydrogen) atoms. The molecule has 2 aliphatic rings. The van der Waals surface area contributed by atoms with Gasteiger partial charge in [-0.2, -0.15) is 5.10 Å². The van der Waals surface area contributed by atoms with E-state index in [4.69, 9.17) is 10.8 Å². The molecule has 2 aromatic heterocycles. The van der Waals surface area contributed by atoms with E-state index in [1.54, 1.807) is 25.3 Å². The highest BCUT2D eigenvalue weighted by atomic mass is 32.1. The molecule has 174 valence electrons. The molecule has 1 saturated carbocycles. The zero-order chi connectivity index (χ0) is 23.9. The van der Waals surface area contributed by atoms with Crippen LogP contribution in [0.3, 0.4) is 0 Å². The van der Waals surface area contributed by atoms with Gasteiger partial charge < -0.3 is 15.7 Å². The molecule has 3 aromatic rings. The number of likely N-dealkylation sites (tertiary alicyclic amines) is 1. The number of carbonyl (C=O) groups excluding carboxylic acids is 1. The Bertz CT molecular complexity index is 1200. The number of thiazole rings is 1. The fraction of sp³-hybridized carbons (Fsp3) is 0.417. The Morgan fingerprint density at radius 1 is 1.21 bits per heavy atom. The average Bonchev–Trinajstić information content (AvgIpc) is 3.07. The molecule has 8 nitrogen and oxygen atoms in total. The van der Waals surface area contributed by atoms with Crippen LogP contribution in [0.2, 0.25) is 0 Å². The van der Waals surface area contributed by atoms with E-state index in [-0.39, 0.29) is 17.6 Å². The Morgan fingerprint density at radius 2 is 1.97 bits per heavy atom. The summed E-state index contributed by atoms with van der Waals surface area (Å²) < 4.78 is 1.34. The summed E-state index contributed by atoms with van der Waals surface area (Å²) in [6.45, 7) is 6.33. The van der Waals surface area contributed by atoms with Crippen LogP contribution in [0.25, 0.3) is 10.4 Å². The quantitative estimate of drug-likeness (QED) is 0.608. The van der Waals surface area contributed by atoms with Gasteiger partial charge in [0.25, 0.3) is 5.91 Å². The van der Waals surface area contributed by atoms with E-state index in [1.165, 1.54) is 16.3 Å². The predicted octanol–water partition coefficient (Wildman–Crippen LogP) is 3.42. The van der Waals surface area contributed by atoms with Gasteiger partial charge in [0.2, 0.25) is 0 Å². The largest absolute Gasteiger partial charge is 0.477 e. The number of aromatic nitrogens is 3. The zero-order valence-corrected chi connectivity index (χ0v) is 20.1. The molecular weight excluding hydrogens is 438 g/mol. The molecule has 3 heterocycles. The molecular formula is C24H29N5O3S. The van der Waals surface area contributed by atoms with E-state index < -0.39 is 5.97 Å². The number of piperidine rings is 1. The van der Waals surface area contributed by atoms with Crippen LogP contribution < -0.4 is 5.73 Å². The summed E-state index contributed by atoms with van der Waals surface area (Å²) in [4.78, 5) is 31.1. The zero-order valence-electron chi connectivity index (χ0n) is 19.3.